The summed E-state index contributed by atoms with van der Waals surface area (Å²) < 4.78 is 0. The number of pyridine rings is 1. The predicted octanol–water partition coefficient (Wildman–Crippen LogP) is 2.96. The van der Waals surface area contributed by atoms with Crippen LogP contribution in [0.15, 0.2) is 18.5 Å². The monoisotopic (exact) mass is 247 g/mol. The normalized spacial score (nSPS) is 16.4. The highest BCUT2D eigenvalue weighted by Gasteiger charge is 2.23. The molecule has 18 heavy (non-hydrogen) atoms. The minimum absolute atomic E-state index is 0.141. The zero-order valence-corrected chi connectivity index (χ0v) is 12.0. The molecule has 1 fully saturated rings. The van der Waals surface area contributed by atoms with Gasteiger partial charge in [-0.1, -0.05) is 0 Å². The number of anilines is 1. The molecule has 1 aromatic rings. The quantitative estimate of drug-likeness (QED) is 0.886. The molecule has 1 aliphatic rings. The largest absolute Gasteiger partial charge is 0.371 e. The van der Waals surface area contributed by atoms with Crippen LogP contribution in [-0.2, 0) is 6.54 Å². The molecule has 1 heterocycles. The van der Waals surface area contributed by atoms with Gasteiger partial charge in [-0.3, -0.25) is 4.98 Å². The molecule has 0 amide bonds. The molecule has 0 saturated heterocycles. The molecular formula is C15H25N3. The number of nitrogens with zero attached hydrogens (tertiary/aromatic N) is 2. The lowest BCUT2D eigenvalue weighted by atomic mass is 9.91. The van der Waals surface area contributed by atoms with Crippen molar-refractivity contribution in [1.82, 2.24) is 10.3 Å². The van der Waals surface area contributed by atoms with Crippen LogP contribution in [0.1, 0.15) is 45.6 Å². The number of hydrogen-bond acceptors (Lipinski definition) is 3. The molecule has 3 nitrogen and oxygen atoms in total. The van der Waals surface area contributed by atoms with Crippen molar-refractivity contribution in [3.8, 4) is 0 Å². The first-order valence-electron chi connectivity index (χ1n) is 6.88. The Bertz CT molecular complexity index is 391. The Kier molecular flexibility index (Phi) is 3.91. The maximum atomic E-state index is 4.26. The highest BCUT2D eigenvalue weighted by molar-refractivity contribution is 5.52. The standard InChI is InChI=1S/C15H25N3/c1-15(2,3)17-11-12-10-16-9-8-14(12)18(4)13-6-5-7-13/h8-10,13,17H,5-7,11H2,1-4H3. The third kappa shape index (κ3) is 3.22. The van der Waals surface area contributed by atoms with Crippen molar-refractivity contribution >= 4 is 5.69 Å². The van der Waals surface area contributed by atoms with E-state index < -0.39 is 0 Å². The van der Waals surface area contributed by atoms with Crippen LogP contribution in [0, 0.1) is 0 Å². The van der Waals surface area contributed by atoms with Crippen molar-refractivity contribution in [2.75, 3.05) is 11.9 Å². The fourth-order valence-electron chi connectivity index (χ4n) is 2.23. The van der Waals surface area contributed by atoms with Gasteiger partial charge in [0, 0.05) is 48.8 Å². The van der Waals surface area contributed by atoms with E-state index in [1.165, 1.54) is 30.5 Å². The maximum absolute atomic E-state index is 4.26. The van der Waals surface area contributed by atoms with E-state index in [0.29, 0.717) is 0 Å². The van der Waals surface area contributed by atoms with Crippen LogP contribution in [0.25, 0.3) is 0 Å². The lowest BCUT2D eigenvalue weighted by Gasteiger charge is -2.37. The van der Waals surface area contributed by atoms with Gasteiger partial charge >= 0.3 is 0 Å². The van der Waals surface area contributed by atoms with Crippen LogP contribution < -0.4 is 10.2 Å². The Hall–Kier alpha value is -1.09. The third-order valence-corrected chi connectivity index (χ3v) is 3.69. The summed E-state index contributed by atoms with van der Waals surface area (Å²) in [6.07, 6.45) is 7.90. The molecule has 100 valence electrons. The first-order chi connectivity index (χ1) is 8.47. The van der Waals surface area contributed by atoms with Gasteiger partial charge < -0.3 is 10.2 Å². The number of aromatic nitrogens is 1. The molecule has 0 atom stereocenters. The third-order valence-electron chi connectivity index (χ3n) is 3.69. The topological polar surface area (TPSA) is 28.2 Å². The van der Waals surface area contributed by atoms with E-state index in [2.05, 4.69) is 49.1 Å². The molecule has 1 aliphatic carbocycles. The van der Waals surface area contributed by atoms with Gasteiger partial charge in [0.2, 0.25) is 0 Å². The SMILES string of the molecule is CN(c1ccncc1CNC(C)(C)C)C1CCC1. The fourth-order valence-corrected chi connectivity index (χ4v) is 2.23. The van der Waals surface area contributed by atoms with Gasteiger partial charge in [-0.05, 0) is 46.1 Å². The summed E-state index contributed by atoms with van der Waals surface area (Å²) in [6.45, 7) is 7.46. The summed E-state index contributed by atoms with van der Waals surface area (Å²) in [6, 6.07) is 2.86. The minimum Gasteiger partial charge on any atom is -0.371 e. The van der Waals surface area contributed by atoms with Crippen LogP contribution in [0.3, 0.4) is 0 Å². The molecule has 0 unspecified atom stereocenters. The molecule has 2 rings (SSSR count). The molecule has 0 bridgehead atoms. The van der Waals surface area contributed by atoms with Gasteiger partial charge in [0.15, 0.2) is 0 Å². The van der Waals surface area contributed by atoms with Gasteiger partial charge in [-0.25, -0.2) is 0 Å². The second-order valence-electron chi connectivity index (χ2n) is 6.30. The fraction of sp³-hybridized carbons (Fsp3) is 0.667. The van der Waals surface area contributed by atoms with E-state index in [9.17, 15) is 0 Å². The molecule has 0 radical (unpaired) electrons. The number of rotatable bonds is 4. The smallest absolute Gasteiger partial charge is 0.0442 e. The Morgan fingerprint density at radius 1 is 1.39 bits per heavy atom. The Labute approximate surface area is 111 Å². The number of hydrogen-bond donors (Lipinski definition) is 1. The minimum atomic E-state index is 0.141. The van der Waals surface area contributed by atoms with Crippen LogP contribution in [0.2, 0.25) is 0 Å². The van der Waals surface area contributed by atoms with Crippen LogP contribution in [0.5, 0.6) is 0 Å². The lowest BCUT2D eigenvalue weighted by Crippen LogP contribution is -2.39. The maximum Gasteiger partial charge on any atom is 0.0442 e. The Morgan fingerprint density at radius 2 is 2.11 bits per heavy atom. The summed E-state index contributed by atoms with van der Waals surface area (Å²) in [5.74, 6) is 0. The van der Waals surface area contributed by atoms with Crippen LogP contribution in [0.4, 0.5) is 5.69 Å². The summed E-state index contributed by atoms with van der Waals surface area (Å²) in [5.41, 5.74) is 2.76. The summed E-state index contributed by atoms with van der Waals surface area (Å²) in [4.78, 5) is 6.69. The van der Waals surface area contributed by atoms with E-state index in [0.717, 1.165) is 12.6 Å². The summed E-state index contributed by atoms with van der Waals surface area (Å²) in [7, 11) is 2.21. The van der Waals surface area contributed by atoms with Crippen LogP contribution in [-0.4, -0.2) is 23.6 Å². The van der Waals surface area contributed by atoms with Gasteiger partial charge in [-0.2, -0.15) is 0 Å². The van der Waals surface area contributed by atoms with E-state index >= 15 is 0 Å². The van der Waals surface area contributed by atoms with Gasteiger partial charge in [0.1, 0.15) is 0 Å². The van der Waals surface area contributed by atoms with Crippen LogP contribution >= 0.6 is 0 Å². The first kappa shape index (κ1) is 13.3. The van der Waals surface area contributed by atoms with Gasteiger partial charge in [-0.15, -0.1) is 0 Å². The summed E-state index contributed by atoms with van der Waals surface area (Å²) >= 11 is 0. The Balaban J connectivity index is 2.09. The van der Waals surface area contributed by atoms with Crippen molar-refractivity contribution in [3.63, 3.8) is 0 Å². The predicted molar refractivity (Wildman–Crippen MR) is 76.9 cm³/mol. The van der Waals surface area contributed by atoms with E-state index in [4.69, 9.17) is 0 Å². The molecule has 0 spiro atoms. The van der Waals surface area contributed by atoms with Crippen molar-refractivity contribution in [1.29, 1.82) is 0 Å². The zero-order chi connectivity index (χ0) is 13.2. The van der Waals surface area contributed by atoms with Crippen molar-refractivity contribution in [2.45, 2.75) is 58.2 Å². The van der Waals surface area contributed by atoms with Gasteiger partial charge in [0.05, 0.1) is 0 Å². The molecule has 3 heteroatoms. The van der Waals surface area contributed by atoms with E-state index in [-0.39, 0.29) is 5.54 Å². The van der Waals surface area contributed by atoms with Gasteiger partial charge in [0.25, 0.3) is 0 Å². The summed E-state index contributed by atoms with van der Waals surface area (Å²) in [5, 5.41) is 3.54. The zero-order valence-electron chi connectivity index (χ0n) is 12.0. The highest BCUT2D eigenvalue weighted by atomic mass is 15.1. The molecule has 1 saturated carbocycles. The van der Waals surface area contributed by atoms with Crippen molar-refractivity contribution in [2.24, 2.45) is 0 Å². The molecular weight excluding hydrogens is 222 g/mol. The molecule has 1 N–H and O–H groups in total. The first-order valence-corrected chi connectivity index (χ1v) is 6.88. The second kappa shape index (κ2) is 5.27. The van der Waals surface area contributed by atoms with E-state index in [1.807, 2.05) is 12.4 Å². The average Bonchev–Trinajstić information content (AvgIpc) is 2.23. The second-order valence-corrected chi connectivity index (χ2v) is 6.30. The highest BCUT2D eigenvalue weighted by Crippen LogP contribution is 2.29. The number of nitrogens with one attached hydrogen (secondary N) is 1. The van der Waals surface area contributed by atoms with E-state index in [1.54, 1.807) is 0 Å². The van der Waals surface area contributed by atoms with Crippen molar-refractivity contribution in [3.05, 3.63) is 24.0 Å². The Morgan fingerprint density at radius 3 is 2.67 bits per heavy atom. The molecule has 1 aromatic heterocycles. The molecule has 0 aliphatic heterocycles. The van der Waals surface area contributed by atoms with Crippen molar-refractivity contribution < 1.29 is 0 Å². The lowest BCUT2D eigenvalue weighted by molar-refractivity contribution is 0.398. The average molecular weight is 247 g/mol. The molecule has 0 aromatic carbocycles.